The Morgan fingerprint density at radius 1 is 1.24 bits per heavy atom. The number of piperidine rings is 1. The highest BCUT2D eigenvalue weighted by Crippen LogP contribution is 2.30. The predicted molar refractivity (Wildman–Crippen MR) is 69.2 cm³/mol. The lowest BCUT2D eigenvalue weighted by molar-refractivity contribution is 0.245. The first-order chi connectivity index (χ1) is 8.24. The van der Waals surface area contributed by atoms with Crippen molar-refractivity contribution in [2.45, 2.75) is 45.1 Å². The minimum absolute atomic E-state index is 0.699. The molecule has 3 heterocycles. The maximum atomic E-state index is 4.73. The van der Waals surface area contributed by atoms with Crippen molar-refractivity contribution in [1.82, 2.24) is 14.5 Å². The van der Waals surface area contributed by atoms with Crippen LogP contribution in [0.3, 0.4) is 0 Å². The average molecular weight is 233 g/mol. The summed E-state index contributed by atoms with van der Waals surface area (Å²) < 4.78 is 2.52. The Labute approximate surface area is 104 Å². The van der Waals surface area contributed by atoms with Gasteiger partial charge in [0.25, 0.3) is 0 Å². The molecule has 0 radical (unpaired) electrons. The molecule has 1 aromatic heterocycles. The summed E-state index contributed by atoms with van der Waals surface area (Å²) in [5, 5.41) is 0. The molecule has 3 nitrogen and oxygen atoms in total. The van der Waals surface area contributed by atoms with Gasteiger partial charge in [0, 0.05) is 24.4 Å². The van der Waals surface area contributed by atoms with Gasteiger partial charge in [-0.3, -0.25) is 0 Å². The van der Waals surface area contributed by atoms with Crippen LogP contribution in [0.4, 0.5) is 0 Å². The Morgan fingerprint density at radius 2 is 2.00 bits per heavy atom. The molecule has 2 aliphatic rings. The molecule has 0 saturated carbocycles. The summed E-state index contributed by atoms with van der Waals surface area (Å²) in [6.07, 6.45) is 7.24. The van der Waals surface area contributed by atoms with Gasteiger partial charge in [0.15, 0.2) is 0 Å². The van der Waals surface area contributed by atoms with E-state index in [4.69, 9.17) is 4.98 Å². The monoisotopic (exact) mass is 233 g/mol. The second-order valence-corrected chi connectivity index (χ2v) is 5.94. The second kappa shape index (κ2) is 4.45. The molecule has 17 heavy (non-hydrogen) atoms. The smallest absolute Gasteiger partial charge is 0.112 e. The van der Waals surface area contributed by atoms with E-state index in [-0.39, 0.29) is 0 Å². The van der Waals surface area contributed by atoms with Crippen molar-refractivity contribution in [3.8, 4) is 0 Å². The van der Waals surface area contributed by atoms with Crippen molar-refractivity contribution >= 4 is 0 Å². The van der Waals surface area contributed by atoms with E-state index in [9.17, 15) is 0 Å². The summed E-state index contributed by atoms with van der Waals surface area (Å²) in [5.41, 5.74) is 1.47. The van der Waals surface area contributed by atoms with Crippen LogP contribution in [0.5, 0.6) is 0 Å². The molecule has 3 rings (SSSR count). The van der Waals surface area contributed by atoms with Crippen molar-refractivity contribution in [2.24, 2.45) is 5.92 Å². The van der Waals surface area contributed by atoms with Gasteiger partial charge in [0.05, 0.1) is 0 Å². The van der Waals surface area contributed by atoms with Gasteiger partial charge >= 0.3 is 0 Å². The molecule has 1 saturated heterocycles. The molecule has 3 heteroatoms. The van der Waals surface area contributed by atoms with Gasteiger partial charge in [0.2, 0.25) is 0 Å². The van der Waals surface area contributed by atoms with Crippen LogP contribution in [0.2, 0.25) is 0 Å². The normalized spacial score (nSPS) is 27.1. The van der Waals surface area contributed by atoms with Gasteiger partial charge in [-0.2, -0.15) is 0 Å². The third-order valence-electron chi connectivity index (χ3n) is 4.44. The molecular formula is C14H23N3. The fraction of sp³-hybridized carbons (Fsp3) is 0.786. The van der Waals surface area contributed by atoms with Gasteiger partial charge in [-0.25, -0.2) is 4.98 Å². The van der Waals surface area contributed by atoms with E-state index < -0.39 is 0 Å². The fourth-order valence-electron chi connectivity index (χ4n) is 3.23. The van der Waals surface area contributed by atoms with Crippen LogP contribution < -0.4 is 0 Å². The minimum atomic E-state index is 0.699. The lowest BCUT2D eigenvalue weighted by atomic mass is 9.95. The number of aryl methyl sites for hydroxylation is 1. The molecule has 1 aromatic rings. The number of hydrogen-bond acceptors (Lipinski definition) is 2. The van der Waals surface area contributed by atoms with Crippen molar-refractivity contribution in [3.63, 3.8) is 0 Å². The molecule has 1 unspecified atom stereocenters. The average Bonchev–Trinajstić information content (AvgIpc) is 2.73. The summed E-state index contributed by atoms with van der Waals surface area (Å²) in [6, 6.07) is 0. The van der Waals surface area contributed by atoms with Gasteiger partial charge in [-0.15, -0.1) is 0 Å². The van der Waals surface area contributed by atoms with Crippen molar-refractivity contribution in [1.29, 1.82) is 0 Å². The highest BCUT2D eigenvalue weighted by Gasteiger charge is 2.26. The van der Waals surface area contributed by atoms with Crippen molar-refractivity contribution in [2.75, 3.05) is 20.1 Å². The highest BCUT2D eigenvalue weighted by atomic mass is 15.1. The maximum Gasteiger partial charge on any atom is 0.112 e. The number of rotatable bonds is 1. The zero-order valence-corrected chi connectivity index (χ0v) is 11.0. The lowest BCUT2D eigenvalue weighted by Crippen LogP contribution is -2.31. The number of aromatic nitrogens is 2. The molecule has 0 aliphatic carbocycles. The summed E-state index contributed by atoms with van der Waals surface area (Å²) in [6.45, 7) is 6.00. The Kier molecular flexibility index (Phi) is 2.95. The van der Waals surface area contributed by atoms with E-state index in [0.29, 0.717) is 5.92 Å². The Morgan fingerprint density at radius 3 is 2.76 bits per heavy atom. The summed E-state index contributed by atoms with van der Waals surface area (Å²) in [4.78, 5) is 7.16. The topological polar surface area (TPSA) is 21.1 Å². The van der Waals surface area contributed by atoms with E-state index in [1.807, 2.05) is 0 Å². The quantitative estimate of drug-likeness (QED) is 0.742. The second-order valence-electron chi connectivity index (χ2n) is 5.94. The lowest BCUT2D eigenvalue weighted by Gasteiger charge is -2.30. The van der Waals surface area contributed by atoms with Crippen LogP contribution >= 0.6 is 0 Å². The van der Waals surface area contributed by atoms with Gasteiger partial charge in [-0.1, -0.05) is 6.92 Å². The molecule has 1 fully saturated rings. The standard InChI is InChI=1S/C14H23N3/c1-11-3-4-13-9-15-14(17(13)10-11)12-5-7-16(2)8-6-12/h9,11-12H,3-8,10H2,1-2H3. The molecule has 0 N–H and O–H groups in total. The van der Waals surface area contributed by atoms with Gasteiger partial charge < -0.3 is 9.47 Å². The zero-order chi connectivity index (χ0) is 11.8. The van der Waals surface area contributed by atoms with Crippen LogP contribution in [0.25, 0.3) is 0 Å². The predicted octanol–water partition coefficient (Wildman–Crippen LogP) is 2.27. The van der Waals surface area contributed by atoms with Gasteiger partial charge in [-0.05, 0) is 51.7 Å². The van der Waals surface area contributed by atoms with Crippen LogP contribution in [-0.2, 0) is 13.0 Å². The first kappa shape index (κ1) is 11.3. The molecule has 2 aliphatic heterocycles. The van der Waals surface area contributed by atoms with Crippen LogP contribution in [0.15, 0.2) is 6.20 Å². The minimum Gasteiger partial charge on any atom is -0.332 e. The number of hydrogen-bond donors (Lipinski definition) is 0. The van der Waals surface area contributed by atoms with E-state index in [2.05, 4.69) is 29.6 Å². The van der Waals surface area contributed by atoms with Crippen LogP contribution in [-0.4, -0.2) is 34.6 Å². The number of nitrogens with zero attached hydrogens (tertiary/aromatic N) is 3. The maximum absolute atomic E-state index is 4.73. The van der Waals surface area contributed by atoms with Crippen LogP contribution in [0.1, 0.15) is 43.6 Å². The zero-order valence-electron chi connectivity index (χ0n) is 11.0. The largest absolute Gasteiger partial charge is 0.332 e. The van der Waals surface area contributed by atoms with Crippen LogP contribution in [0, 0.1) is 5.92 Å². The van der Waals surface area contributed by atoms with Crippen molar-refractivity contribution in [3.05, 3.63) is 17.7 Å². The Bertz CT molecular complexity index is 388. The Balaban J connectivity index is 1.81. The Hall–Kier alpha value is -0.830. The number of imidazole rings is 1. The molecule has 0 bridgehead atoms. The molecule has 1 atom stereocenters. The molecule has 0 amide bonds. The SMILES string of the molecule is CC1CCc2cnc(C3CCN(C)CC3)n2C1. The van der Waals surface area contributed by atoms with E-state index in [1.165, 1.54) is 56.8 Å². The first-order valence-electron chi connectivity index (χ1n) is 6.97. The number of likely N-dealkylation sites (tertiary alicyclic amines) is 1. The summed E-state index contributed by atoms with van der Waals surface area (Å²) in [7, 11) is 2.22. The fourth-order valence-corrected chi connectivity index (χ4v) is 3.23. The third kappa shape index (κ3) is 2.13. The molecular weight excluding hydrogens is 210 g/mol. The first-order valence-corrected chi connectivity index (χ1v) is 6.97. The molecule has 0 aromatic carbocycles. The van der Waals surface area contributed by atoms with E-state index >= 15 is 0 Å². The van der Waals surface area contributed by atoms with Gasteiger partial charge in [0.1, 0.15) is 5.82 Å². The van der Waals surface area contributed by atoms with E-state index in [0.717, 1.165) is 5.92 Å². The molecule has 0 spiro atoms. The summed E-state index contributed by atoms with van der Waals surface area (Å²) >= 11 is 0. The third-order valence-corrected chi connectivity index (χ3v) is 4.44. The highest BCUT2D eigenvalue weighted by molar-refractivity contribution is 5.12. The summed E-state index contributed by atoms with van der Waals surface area (Å²) in [5.74, 6) is 2.90. The van der Waals surface area contributed by atoms with Crippen molar-refractivity contribution < 1.29 is 0 Å². The number of fused-ring (bicyclic) bond motifs is 1. The van der Waals surface area contributed by atoms with E-state index in [1.54, 1.807) is 0 Å². The molecule has 94 valence electrons.